The summed E-state index contributed by atoms with van der Waals surface area (Å²) in [5.74, 6) is 0.994. The Kier molecular flexibility index (Phi) is 5.51. The molecule has 0 atom stereocenters. The maximum Gasteiger partial charge on any atom is 0.335 e. The number of benzene rings is 2. The topological polar surface area (TPSA) is 96.4 Å². The zero-order valence-electron chi connectivity index (χ0n) is 15.1. The van der Waals surface area contributed by atoms with Crippen LogP contribution in [0.1, 0.15) is 21.6 Å². The Bertz CT molecular complexity index is 925. The fourth-order valence-electron chi connectivity index (χ4n) is 2.48. The van der Waals surface area contributed by atoms with Gasteiger partial charge in [0.25, 0.3) is 0 Å². The highest BCUT2D eigenvalue weighted by Crippen LogP contribution is 2.18. The highest BCUT2D eigenvalue weighted by atomic mass is 16.5. The standard InChI is InChI=1S/C20H20N4O3/c1-13-11-18(23-16-7-5-15(6-8-16)19(25)26)24-20(22-13)21-12-14-3-9-17(27-2)10-4-14/h3-11H,12H2,1-2H3,(H,25,26)(H2,21,22,23,24). The molecule has 0 saturated carbocycles. The molecular weight excluding hydrogens is 344 g/mol. The van der Waals surface area contributed by atoms with Crippen LogP contribution in [0.15, 0.2) is 54.6 Å². The molecule has 3 aromatic rings. The molecule has 0 fully saturated rings. The van der Waals surface area contributed by atoms with Crippen LogP contribution in [0.4, 0.5) is 17.5 Å². The second kappa shape index (κ2) is 8.18. The van der Waals surface area contributed by atoms with Crippen molar-refractivity contribution in [3.8, 4) is 5.75 Å². The fraction of sp³-hybridized carbons (Fsp3) is 0.150. The second-order valence-electron chi connectivity index (χ2n) is 5.93. The predicted octanol–water partition coefficient (Wildman–Crippen LogP) is 3.85. The number of carboxylic acid groups (broad SMARTS) is 1. The molecule has 0 spiro atoms. The van der Waals surface area contributed by atoms with E-state index in [1.54, 1.807) is 31.4 Å². The van der Waals surface area contributed by atoms with Crippen molar-refractivity contribution in [1.29, 1.82) is 0 Å². The van der Waals surface area contributed by atoms with Gasteiger partial charge in [-0.2, -0.15) is 4.98 Å². The number of hydrogen-bond donors (Lipinski definition) is 3. The van der Waals surface area contributed by atoms with Gasteiger partial charge in [0.05, 0.1) is 12.7 Å². The smallest absolute Gasteiger partial charge is 0.335 e. The van der Waals surface area contributed by atoms with Gasteiger partial charge in [-0.3, -0.25) is 0 Å². The number of carboxylic acids is 1. The molecule has 7 heteroatoms. The number of ether oxygens (including phenoxy) is 1. The zero-order valence-corrected chi connectivity index (χ0v) is 15.1. The Morgan fingerprint density at radius 1 is 1.07 bits per heavy atom. The molecule has 3 N–H and O–H groups in total. The number of aryl methyl sites for hydroxylation is 1. The maximum atomic E-state index is 10.9. The third kappa shape index (κ3) is 4.94. The first-order chi connectivity index (χ1) is 13.0. The van der Waals surface area contributed by atoms with Crippen LogP contribution in [0.2, 0.25) is 0 Å². The van der Waals surface area contributed by atoms with E-state index in [2.05, 4.69) is 20.6 Å². The second-order valence-corrected chi connectivity index (χ2v) is 5.93. The molecule has 0 unspecified atom stereocenters. The molecule has 1 heterocycles. The van der Waals surface area contributed by atoms with E-state index in [-0.39, 0.29) is 5.56 Å². The Morgan fingerprint density at radius 2 is 1.78 bits per heavy atom. The molecule has 0 bridgehead atoms. The lowest BCUT2D eigenvalue weighted by atomic mass is 10.2. The molecule has 0 amide bonds. The van der Waals surface area contributed by atoms with E-state index >= 15 is 0 Å². The van der Waals surface area contributed by atoms with Gasteiger partial charge < -0.3 is 20.5 Å². The van der Waals surface area contributed by atoms with Crippen molar-refractivity contribution in [3.05, 3.63) is 71.4 Å². The zero-order chi connectivity index (χ0) is 19.2. The number of aromatic nitrogens is 2. The van der Waals surface area contributed by atoms with Gasteiger partial charge >= 0.3 is 5.97 Å². The summed E-state index contributed by atoms with van der Waals surface area (Å²) >= 11 is 0. The Labute approximate surface area is 157 Å². The lowest BCUT2D eigenvalue weighted by Crippen LogP contribution is -2.06. The van der Waals surface area contributed by atoms with Crippen molar-refractivity contribution in [1.82, 2.24) is 9.97 Å². The first-order valence-electron chi connectivity index (χ1n) is 8.36. The summed E-state index contributed by atoms with van der Waals surface area (Å²) in [7, 11) is 1.64. The van der Waals surface area contributed by atoms with E-state index in [1.165, 1.54) is 0 Å². The van der Waals surface area contributed by atoms with Crippen LogP contribution in [0.5, 0.6) is 5.75 Å². The third-order valence-electron chi connectivity index (χ3n) is 3.87. The molecule has 27 heavy (non-hydrogen) atoms. The molecule has 0 aliphatic rings. The molecule has 3 rings (SSSR count). The average Bonchev–Trinajstić information content (AvgIpc) is 2.67. The number of aromatic carboxylic acids is 1. The monoisotopic (exact) mass is 364 g/mol. The van der Waals surface area contributed by atoms with E-state index < -0.39 is 5.97 Å². The van der Waals surface area contributed by atoms with E-state index in [4.69, 9.17) is 9.84 Å². The van der Waals surface area contributed by atoms with Crippen molar-refractivity contribution >= 4 is 23.4 Å². The van der Waals surface area contributed by atoms with Gasteiger partial charge in [-0.15, -0.1) is 0 Å². The lowest BCUT2D eigenvalue weighted by molar-refractivity contribution is 0.0697. The van der Waals surface area contributed by atoms with Crippen LogP contribution in [0, 0.1) is 6.92 Å². The number of nitrogens with zero attached hydrogens (tertiary/aromatic N) is 2. The summed E-state index contributed by atoms with van der Waals surface area (Å²) in [4.78, 5) is 19.8. The van der Waals surface area contributed by atoms with Crippen molar-refractivity contribution < 1.29 is 14.6 Å². The van der Waals surface area contributed by atoms with Crippen molar-refractivity contribution in [2.24, 2.45) is 0 Å². The van der Waals surface area contributed by atoms with E-state index in [0.29, 0.717) is 18.3 Å². The van der Waals surface area contributed by atoms with E-state index in [1.807, 2.05) is 37.3 Å². The van der Waals surface area contributed by atoms with E-state index in [0.717, 1.165) is 22.7 Å². The van der Waals surface area contributed by atoms with E-state index in [9.17, 15) is 4.79 Å². The third-order valence-corrected chi connectivity index (χ3v) is 3.87. The molecule has 138 valence electrons. The van der Waals surface area contributed by atoms with Gasteiger partial charge in [0, 0.05) is 24.0 Å². The average molecular weight is 364 g/mol. The lowest BCUT2D eigenvalue weighted by Gasteiger charge is -2.10. The van der Waals surface area contributed by atoms with Crippen molar-refractivity contribution in [2.45, 2.75) is 13.5 Å². The van der Waals surface area contributed by atoms with Crippen LogP contribution in [0.3, 0.4) is 0 Å². The maximum absolute atomic E-state index is 10.9. The Hall–Kier alpha value is -3.61. The molecule has 2 aromatic carbocycles. The highest BCUT2D eigenvalue weighted by molar-refractivity contribution is 5.88. The molecule has 0 saturated heterocycles. The fourth-order valence-corrected chi connectivity index (χ4v) is 2.48. The summed E-state index contributed by atoms with van der Waals surface area (Å²) in [6.07, 6.45) is 0. The number of anilines is 3. The first-order valence-corrected chi connectivity index (χ1v) is 8.36. The minimum absolute atomic E-state index is 0.237. The molecular formula is C20H20N4O3. The summed E-state index contributed by atoms with van der Waals surface area (Å²) in [6, 6.07) is 16.1. The largest absolute Gasteiger partial charge is 0.497 e. The molecule has 0 aliphatic carbocycles. The molecule has 0 aliphatic heterocycles. The highest BCUT2D eigenvalue weighted by Gasteiger charge is 2.05. The van der Waals surface area contributed by atoms with Crippen molar-refractivity contribution in [2.75, 3.05) is 17.7 Å². The number of carbonyl (C=O) groups is 1. The van der Waals surface area contributed by atoms with Gasteiger partial charge in [0.1, 0.15) is 11.6 Å². The Morgan fingerprint density at radius 3 is 2.41 bits per heavy atom. The van der Waals surface area contributed by atoms with Crippen LogP contribution >= 0.6 is 0 Å². The molecule has 1 aromatic heterocycles. The first kappa shape index (κ1) is 18.2. The van der Waals surface area contributed by atoms with Crippen LogP contribution < -0.4 is 15.4 Å². The molecule has 7 nitrogen and oxygen atoms in total. The quantitative estimate of drug-likeness (QED) is 0.586. The number of methoxy groups -OCH3 is 1. The number of hydrogen-bond acceptors (Lipinski definition) is 6. The minimum atomic E-state index is -0.954. The molecule has 0 radical (unpaired) electrons. The van der Waals surface area contributed by atoms with Gasteiger partial charge in [0.15, 0.2) is 0 Å². The van der Waals surface area contributed by atoms with Gasteiger partial charge in [0.2, 0.25) is 5.95 Å². The van der Waals surface area contributed by atoms with Gasteiger partial charge in [-0.1, -0.05) is 12.1 Å². The summed E-state index contributed by atoms with van der Waals surface area (Å²) in [5, 5.41) is 15.3. The van der Waals surface area contributed by atoms with Gasteiger partial charge in [-0.05, 0) is 48.9 Å². The van der Waals surface area contributed by atoms with Crippen LogP contribution in [-0.2, 0) is 6.54 Å². The van der Waals surface area contributed by atoms with Crippen LogP contribution in [-0.4, -0.2) is 28.2 Å². The SMILES string of the molecule is COc1ccc(CNc2nc(C)cc(Nc3ccc(C(=O)O)cc3)n2)cc1. The normalized spacial score (nSPS) is 10.3. The summed E-state index contributed by atoms with van der Waals surface area (Å²) in [6.45, 7) is 2.47. The van der Waals surface area contributed by atoms with Gasteiger partial charge in [-0.25, -0.2) is 9.78 Å². The Balaban J connectivity index is 1.68. The minimum Gasteiger partial charge on any atom is -0.497 e. The number of nitrogens with one attached hydrogen (secondary N) is 2. The van der Waals surface area contributed by atoms with Crippen LogP contribution in [0.25, 0.3) is 0 Å². The summed E-state index contributed by atoms with van der Waals surface area (Å²) in [5.41, 5.74) is 2.88. The summed E-state index contributed by atoms with van der Waals surface area (Å²) < 4.78 is 5.15. The number of rotatable bonds is 7. The predicted molar refractivity (Wildman–Crippen MR) is 104 cm³/mol. The van der Waals surface area contributed by atoms with Crippen molar-refractivity contribution in [3.63, 3.8) is 0 Å².